The van der Waals surface area contributed by atoms with E-state index in [2.05, 4.69) is 31.1 Å². The lowest BCUT2D eigenvalue weighted by Gasteiger charge is -2.26. The molecule has 1 aromatic rings. The van der Waals surface area contributed by atoms with Gasteiger partial charge in [-0.25, -0.2) is 4.98 Å². The van der Waals surface area contributed by atoms with E-state index in [4.69, 9.17) is 4.74 Å². The minimum Gasteiger partial charge on any atom is -0.379 e. The van der Waals surface area contributed by atoms with Crippen LogP contribution in [0.4, 0.5) is 0 Å². The Kier molecular flexibility index (Phi) is 5.10. The second kappa shape index (κ2) is 6.82. The zero-order valence-electron chi connectivity index (χ0n) is 10.1. The Labute approximate surface area is 115 Å². The third-order valence-corrected chi connectivity index (χ3v) is 3.43. The average Bonchev–Trinajstić information content (AvgIpc) is 2.40. The number of rotatable bonds is 4. The fourth-order valence-electron chi connectivity index (χ4n) is 1.79. The van der Waals surface area contributed by atoms with Crippen LogP contribution in [0.25, 0.3) is 0 Å². The summed E-state index contributed by atoms with van der Waals surface area (Å²) in [6.07, 6.45) is 1.61. The van der Waals surface area contributed by atoms with E-state index < -0.39 is 0 Å². The molecule has 1 aromatic heterocycles. The predicted molar refractivity (Wildman–Crippen MR) is 71.5 cm³/mol. The van der Waals surface area contributed by atoms with Crippen LogP contribution >= 0.6 is 15.9 Å². The summed E-state index contributed by atoms with van der Waals surface area (Å²) in [5, 5.41) is 2.87. The van der Waals surface area contributed by atoms with Gasteiger partial charge >= 0.3 is 0 Å². The van der Waals surface area contributed by atoms with Crippen molar-refractivity contribution in [2.45, 2.75) is 0 Å². The topological polar surface area (TPSA) is 54.5 Å². The quantitative estimate of drug-likeness (QED) is 0.897. The fourth-order valence-corrected chi connectivity index (χ4v) is 2.22. The molecule has 1 aliphatic rings. The van der Waals surface area contributed by atoms with Crippen molar-refractivity contribution in [1.29, 1.82) is 0 Å². The number of aromatic nitrogens is 1. The summed E-state index contributed by atoms with van der Waals surface area (Å²) in [7, 11) is 0. The SMILES string of the molecule is O=C(NCCN1CCOCC1)c1ncccc1Br. The molecule has 0 aliphatic carbocycles. The highest BCUT2D eigenvalue weighted by Crippen LogP contribution is 2.12. The van der Waals surface area contributed by atoms with Crippen LogP contribution in [-0.2, 0) is 4.74 Å². The summed E-state index contributed by atoms with van der Waals surface area (Å²) in [5.74, 6) is -0.143. The van der Waals surface area contributed by atoms with Crippen LogP contribution < -0.4 is 5.32 Å². The lowest BCUT2D eigenvalue weighted by molar-refractivity contribution is 0.0383. The van der Waals surface area contributed by atoms with E-state index >= 15 is 0 Å². The molecule has 0 saturated carbocycles. The van der Waals surface area contributed by atoms with Crippen LogP contribution in [0.2, 0.25) is 0 Å². The number of nitrogens with one attached hydrogen (secondary N) is 1. The van der Waals surface area contributed by atoms with E-state index in [-0.39, 0.29) is 5.91 Å². The minimum atomic E-state index is -0.143. The molecule has 98 valence electrons. The lowest BCUT2D eigenvalue weighted by Crippen LogP contribution is -2.41. The standard InChI is InChI=1S/C12H16BrN3O2/c13-10-2-1-3-14-11(10)12(17)15-4-5-16-6-8-18-9-7-16/h1-3H,4-9H2,(H,15,17). The number of morpholine rings is 1. The second-order valence-corrected chi connectivity index (χ2v) is 4.90. The van der Waals surface area contributed by atoms with Crippen LogP contribution in [0, 0.1) is 0 Å². The van der Waals surface area contributed by atoms with Gasteiger partial charge in [0.2, 0.25) is 0 Å². The molecule has 6 heteroatoms. The molecule has 0 aromatic carbocycles. The largest absolute Gasteiger partial charge is 0.379 e. The summed E-state index contributed by atoms with van der Waals surface area (Å²) >= 11 is 3.32. The molecule has 1 aliphatic heterocycles. The minimum absolute atomic E-state index is 0.143. The van der Waals surface area contributed by atoms with Gasteiger partial charge in [-0.05, 0) is 28.1 Å². The van der Waals surface area contributed by atoms with Crippen LogP contribution in [-0.4, -0.2) is 55.2 Å². The Morgan fingerprint density at radius 1 is 1.50 bits per heavy atom. The Hall–Kier alpha value is -0.980. The molecule has 1 fully saturated rings. The number of hydrogen-bond donors (Lipinski definition) is 1. The number of nitrogens with zero attached hydrogens (tertiary/aromatic N) is 2. The van der Waals surface area contributed by atoms with Gasteiger partial charge < -0.3 is 10.1 Å². The molecule has 1 amide bonds. The molecule has 0 radical (unpaired) electrons. The maximum Gasteiger partial charge on any atom is 0.271 e. The van der Waals surface area contributed by atoms with E-state index in [1.54, 1.807) is 12.3 Å². The third-order valence-electron chi connectivity index (χ3n) is 2.79. The zero-order chi connectivity index (χ0) is 12.8. The van der Waals surface area contributed by atoms with Crippen LogP contribution in [0.1, 0.15) is 10.5 Å². The highest BCUT2D eigenvalue weighted by Gasteiger charge is 2.12. The van der Waals surface area contributed by atoms with Crippen LogP contribution in [0.15, 0.2) is 22.8 Å². The van der Waals surface area contributed by atoms with E-state index in [0.29, 0.717) is 16.7 Å². The Morgan fingerprint density at radius 2 is 2.28 bits per heavy atom. The molecule has 0 spiro atoms. The number of carbonyl (C=O) groups excluding carboxylic acids is 1. The van der Waals surface area contributed by atoms with E-state index in [1.807, 2.05) is 6.07 Å². The van der Waals surface area contributed by atoms with Crippen molar-refractivity contribution < 1.29 is 9.53 Å². The molecule has 5 nitrogen and oxygen atoms in total. The van der Waals surface area contributed by atoms with Gasteiger partial charge in [-0.2, -0.15) is 0 Å². The molecular formula is C12H16BrN3O2. The molecule has 0 bridgehead atoms. The van der Waals surface area contributed by atoms with Gasteiger partial charge in [-0.15, -0.1) is 0 Å². The molecule has 1 saturated heterocycles. The smallest absolute Gasteiger partial charge is 0.271 e. The Balaban J connectivity index is 1.76. The van der Waals surface area contributed by atoms with Gasteiger partial charge in [0.05, 0.1) is 13.2 Å². The van der Waals surface area contributed by atoms with Gasteiger partial charge in [0, 0.05) is 36.8 Å². The predicted octanol–water partition coefficient (Wildman–Crippen LogP) is 0.906. The third kappa shape index (κ3) is 3.76. The van der Waals surface area contributed by atoms with E-state index in [1.165, 1.54) is 0 Å². The molecular weight excluding hydrogens is 298 g/mol. The first-order chi connectivity index (χ1) is 8.77. The van der Waals surface area contributed by atoms with Crippen molar-refractivity contribution >= 4 is 21.8 Å². The number of carbonyl (C=O) groups is 1. The number of ether oxygens (including phenoxy) is 1. The van der Waals surface area contributed by atoms with Crippen molar-refractivity contribution in [2.75, 3.05) is 39.4 Å². The second-order valence-electron chi connectivity index (χ2n) is 4.04. The van der Waals surface area contributed by atoms with Crippen molar-refractivity contribution in [2.24, 2.45) is 0 Å². The maximum atomic E-state index is 11.9. The highest BCUT2D eigenvalue weighted by molar-refractivity contribution is 9.10. The van der Waals surface area contributed by atoms with Gasteiger partial charge in [0.15, 0.2) is 0 Å². The summed E-state index contributed by atoms with van der Waals surface area (Å²) < 4.78 is 5.98. The first-order valence-corrected chi connectivity index (χ1v) is 6.75. The molecule has 18 heavy (non-hydrogen) atoms. The van der Waals surface area contributed by atoms with Crippen LogP contribution in [0.5, 0.6) is 0 Å². The van der Waals surface area contributed by atoms with E-state index in [0.717, 1.165) is 32.8 Å². The summed E-state index contributed by atoms with van der Waals surface area (Å²) in [6.45, 7) is 4.90. The number of pyridine rings is 1. The first-order valence-electron chi connectivity index (χ1n) is 5.96. The molecule has 0 atom stereocenters. The molecule has 2 heterocycles. The van der Waals surface area contributed by atoms with Crippen LogP contribution in [0.3, 0.4) is 0 Å². The fraction of sp³-hybridized carbons (Fsp3) is 0.500. The number of hydrogen-bond acceptors (Lipinski definition) is 4. The molecule has 0 unspecified atom stereocenters. The van der Waals surface area contributed by atoms with Gasteiger partial charge in [-0.1, -0.05) is 0 Å². The summed E-state index contributed by atoms with van der Waals surface area (Å²) in [5.41, 5.74) is 0.430. The summed E-state index contributed by atoms with van der Waals surface area (Å²) in [6, 6.07) is 3.60. The molecule has 2 rings (SSSR count). The van der Waals surface area contributed by atoms with Crippen molar-refractivity contribution in [3.63, 3.8) is 0 Å². The summed E-state index contributed by atoms with van der Waals surface area (Å²) in [4.78, 5) is 18.2. The number of amides is 1. The van der Waals surface area contributed by atoms with Gasteiger partial charge in [0.25, 0.3) is 5.91 Å². The van der Waals surface area contributed by atoms with Crippen molar-refractivity contribution in [3.8, 4) is 0 Å². The van der Waals surface area contributed by atoms with Crippen molar-refractivity contribution in [3.05, 3.63) is 28.5 Å². The first kappa shape index (κ1) is 13.5. The monoisotopic (exact) mass is 313 g/mol. The molecule has 1 N–H and O–H groups in total. The average molecular weight is 314 g/mol. The highest BCUT2D eigenvalue weighted by atomic mass is 79.9. The van der Waals surface area contributed by atoms with Crippen molar-refractivity contribution in [1.82, 2.24) is 15.2 Å². The maximum absolute atomic E-state index is 11.9. The Bertz CT molecular complexity index is 408. The zero-order valence-corrected chi connectivity index (χ0v) is 11.6. The van der Waals surface area contributed by atoms with Gasteiger partial charge in [-0.3, -0.25) is 9.69 Å². The van der Waals surface area contributed by atoms with Gasteiger partial charge in [0.1, 0.15) is 5.69 Å². The Morgan fingerprint density at radius 3 is 3.00 bits per heavy atom. The normalized spacial score (nSPS) is 16.5. The number of halogens is 1. The van der Waals surface area contributed by atoms with E-state index in [9.17, 15) is 4.79 Å². The lowest BCUT2D eigenvalue weighted by atomic mass is 10.3.